The van der Waals surface area contributed by atoms with Crippen molar-refractivity contribution in [3.63, 3.8) is 0 Å². The molecule has 2 aliphatic rings. The van der Waals surface area contributed by atoms with Gasteiger partial charge in [0.1, 0.15) is 0 Å². The molecule has 1 heterocycles. The van der Waals surface area contributed by atoms with Crippen molar-refractivity contribution in [1.82, 2.24) is 10.4 Å². The minimum absolute atomic E-state index is 0.722. The Labute approximate surface area is 107 Å². The lowest BCUT2D eigenvalue weighted by Crippen LogP contribution is -2.53. The molecule has 0 bridgehead atoms. The third-order valence-electron chi connectivity index (χ3n) is 4.80. The highest BCUT2D eigenvalue weighted by molar-refractivity contribution is 4.78. The average molecular weight is 238 g/mol. The van der Waals surface area contributed by atoms with E-state index in [2.05, 4.69) is 31.2 Å². The zero-order valence-corrected chi connectivity index (χ0v) is 11.9. The van der Waals surface area contributed by atoms with Crippen molar-refractivity contribution in [3.8, 4) is 0 Å². The number of hydrazine groups is 1. The molecule has 17 heavy (non-hydrogen) atoms. The molecule has 4 unspecified atom stereocenters. The van der Waals surface area contributed by atoms with Crippen molar-refractivity contribution in [2.24, 2.45) is 11.8 Å². The number of hydrogen-bond donors (Lipinski definition) is 1. The maximum atomic E-state index is 3.74. The predicted molar refractivity (Wildman–Crippen MR) is 73.7 cm³/mol. The molecule has 0 aromatic heterocycles. The van der Waals surface area contributed by atoms with E-state index in [0.29, 0.717) is 0 Å². The van der Waals surface area contributed by atoms with Gasteiger partial charge in [-0.2, -0.15) is 0 Å². The minimum Gasteiger partial charge on any atom is -0.254 e. The molecule has 1 N–H and O–H groups in total. The summed E-state index contributed by atoms with van der Waals surface area (Å²) in [5.74, 6) is 1.87. The van der Waals surface area contributed by atoms with E-state index >= 15 is 0 Å². The van der Waals surface area contributed by atoms with E-state index in [4.69, 9.17) is 0 Å². The van der Waals surface area contributed by atoms with E-state index in [0.717, 1.165) is 23.9 Å². The van der Waals surface area contributed by atoms with Crippen LogP contribution in [-0.2, 0) is 0 Å². The first-order chi connectivity index (χ1) is 8.16. The minimum atomic E-state index is 0.722. The van der Waals surface area contributed by atoms with Gasteiger partial charge in [-0.3, -0.25) is 5.43 Å². The quantitative estimate of drug-likeness (QED) is 0.808. The summed E-state index contributed by atoms with van der Waals surface area (Å²) in [7, 11) is 0. The highest BCUT2D eigenvalue weighted by atomic mass is 15.5. The summed E-state index contributed by atoms with van der Waals surface area (Å²) in [5.41, 5.74) is 3.74. The molecular weight excluding hydrogens is 208 g/mol. The predicted octanol–water partition coefficient (Wildman–Crippen LogP) is 3.58. The number of nitrogens with zero attached hydrogens (tertiary/aromatic N) is 1. The molecule has 0 radical (unpaired) electrons. The number of piperidine rings is 1. The van der Waals surface area contributed by atoms with Crippen LogP contribution in [0.5, 0.6) is 0 Å². The highest BCUT2D eigenvalue weighted by Gasteiger charge is 2.26. The molecule has 1 saturated heterocycles. The summed E-state index contributed by atoms with van der Waals surface area (Å²) in [4.78, 5) is 0. The Kier molecular flexibility index (Phi) is 4.87. The fourth-order valence-electron chi connectivity index (χ4n) is 3.71. The first-order valence-electron chi connectivity index (χ1n) is 7.68. The Morgan fingerprint density at radius 3 is 2.24 bits per heavy atom. The first-order valence-corrected chi connectivity index (χ1v) is 7.68. The van der Waals surface area contributed by atoms with Crippen LogP contribution in [-0.4, -0.2) is 23.6 Å². The molecule has 1 saturated carbocycles. The second-order valence-corrected chi connectivity index (χ2v) is 6.54. The second-order valence-electron chi connectivity index (χ2n) is 6.54. The molecule has 1 aliphatic heterocycles. The largest absolute Gasteiger partial charge is 0.254 e. The van der Waals surface area contributed by atoms with Gasteiger partial charge in [0.15, 0.2) is 0 Å². The molecule has 2 heteroatoms. The summed E-state index contributed by atoms with van der Waals surface area (Å²) < 4.78 is 0. The van der Waals surface area contributed by atoms with Crippen LogP contribution in [0.4, 0.5) is 0 Å². The van der Waals surface area contributed by atoms with Crippen molar-refractivity contribution in [3.05, 3.63) is 0 Å². The van der Waals surface area contributed by atoms with Gasteiger partial charge in [0.2, 0.25) is 0 Å². The fraction of sp³-hybridized carbons (Fsp3) is 1.00. The van der Waals surface area contributed by atoms with Crippen LogP contribution >= 0.6 is 0 Å². The lowest BCUT2D eigenvalue weighted by Gasteiger charge is -2.40. The van der Waals surface area contributed by atoms with Crippen LogP contribution in [0.1, 0.15) is 65.7 Å². The third-order valence-corrected chi connectivity index (χ3v) is 4.80. The maximum absolute atomic E-state index is 3.74. The van der Waals surface area contributed by atoms with E-state index in [1.54, 1.807) is 0 Å². The van der Waals surface area contributed by atoms with Crippen molar-refractivity contribution in [1.29, 1.82) is 0 Å². The normalized spacial score (nSPS) is 40.4. The van der Waals surface area contributed by atoms with Gasteiger partial charge in [-0.05, 0) is 51.4 Å². The summed E-state index contributed by atoms with van der Waals surface area (Å²) in [6, 6.07) is 1.44. The van der Waals surface area contributed by atoms with Crippen molar-refractivity contribution in [2.75, 3.05) is 6.54 Å². The van der Waals surface area contributed by atoms with Crippen molar-refractivity contribution >= 4 is 0 Å². The SMILES string of the molecule is CC1CCCC(CNN2C(C)CCCC2C)C1. The molecule has 4 atom stereocenters. The molecule has 0 aromatic rings. The van der Waals surface area contributed by atoms with Gasteiger partial charge >= 0.3 is 0 Å². The van der Waals surface area contributed by atoms with Gasteiger partial charge in [-0.1, -0.05) is 26.2 Å². The highest BCUT2D eigenvalue weighted by Crippen LogP contribution is 2.28. The number of hydrogen-bond acceptors (Lipinski definition) is 2. The second kappa shape index (κ2) is 6.19. The zero-order chi connectivity index (χ0) is 12.3. The maximum Gasteiger partial charge on any atom is 0.0218 e. The number of rotatable bonds is 3. The fourth-order valence-corrected chi connectivity index (χ4v) is 3.71. The van der Waals surface area contributed by atoms with Crippen molar-refractivity contribution in [2.45, 2.75) is 77.8 Å². The Bertz CT molecular complexity index is 219. The van der Waals surface area contributed by atoms with Crippen molar-refractivity contribution < 1.29 is 0 Å². The standard InChI is InChI=1S/C15H30N2/c1-12-6-4-9-15(10-12)11-16-17-13(2)7-5-8-14(17)3/h12-16H,4-11H2,1-3H3. The van der Waals surface area contributed by atoms with Gasteiger partial charge in [0, 0.05) is 18.6 Å². The summed E-state index contributed by atoms with van der Waals surface area (Å²) in [6.45, 7) is 8.36. The topological polar surface area (TPSA) is 15.3 Å². The van der Waals surface area contributed by atoms with Crippen LogP contribution < -0.4 is 5.43 Å². The van der Waals surface area contributed by atoms with E-state index < -0.39 is 0 Å². The Morgan fingerprint density at radius 1 is 0.941 bits per heavy atom. The van der Waals surface area contributed by atoms with E-state index in [9.17, 15) is 0 Å². The van der Waals surface area contributed by atoms with Crippen LogP contribution in [0.25, 0.3) is 0 Å². The van der Waals surface area contributed by atoms with Gasteiger partial charge < -0.3 is 0 Å². The Balaban J connectivity index is 1.76. The lowest BCUT2D eigenvalue weighted by molar-refractivity contribution is 0.0365. The van der Waals surface area contributed by atoms with Crippen LogP contribution in [0.3, 0.4) is 0 Å². The third kappa shape index (κ3) is 3.69. The first kappa shape index (κ1) is 13.4. The van der Waals surface area contributed by atoms with Crippen LogP contribution in [0.2, 0.25) is 0 Å². The van der Waals surface area contributed by atoms with E-state index in [1.165, 1.54) is 51.5 Å². The van der Waals surface area contributed by atoms with Crippen LogP contribution in [0, 0.1) is 11.8 Å². The van der Waals surface area contributed by atoms with Gasteiger partial charge in [0.25, 0.3) is 0 Å². The van der Waals surface area contributed by atoms with E-state index in [1.807, 2.05) is 0 Å². The smallest absolute Gasteiger partial charge is 0.0218 e. The molecule has 0 amide bonds. The van der Waals surface area contributed by atoms with Crippen LogP contribution in [0.15, 0.2) is 0 Å². The summed E-state index contributed by atoms with van der Waals surface area (Å²) in [6.07, 6.45) is 9.89. The molecule has 2 rings (SSSR count). The molecule has 100 valence electrons. The number of nitrogens with one attached hydrogen (secondary N) is 1. The molecule has 2 nitrogen and oxygen atoms in total. The molecule has 1 aliphatic carbocycles. The molecular formula is C15H30N2. The Hall–Kier alpha value is -0.0800. The lowest BCUT2D eigenvalue weighted by atomic mass is 9.82. The molecule has 0 spiro atoms. The zero-order valence-electron chi connectivity index (χ0n) is 11.9. The molecule has 2 fully saturated rings. The monoisotopic (exact) mass is 238 g/mol. The summed E-state index contributed by atoms with van der Waals surface area (Å²) in [5, 5.41) is 2.53. The van der Waals surface area contributed by atoms with Gasteiger partial charge in [-0.25, -0.2) is 5.01 Å². The van der Waals surface area contributed by atoms with E-state index in [-0.39, 0.29) is 0 Å². The average Bonchev–Trinajstić information content (AvgIpc) is 2.28. The van der Waals surface area contributed by atoms with Gasteiger partial charge in [0.05, 0.1) is 0 Å². The van der Waals surface area contributed by atoms with Gasteiger partial charge in [-0.15, -0.1) is 0 Å². The summed E-state index contributed by atoms with van der Waals surface area (Å²) >= 11 is 0. The molecule has 0 aromatic carbocycles. The Morgan fingerprint density at radius 2 is 1.59 bits per heavy atom.